The summed E-state index contributed by atoms with van der Waals surface area (Å²) in [5, 5.41) is 5.10. The molecule has 0 radical (unpaired) electrons. The summed E-state index contributed by atoms with van der Waals surface area (Å²) in [4.78, 5) is 0. The van der Waals surface area contributed by atoms with Crippen molar-refractivity contribution in [1.29, 1.82) is 0 Å². The summed E-state index contributed by atoms with van der Waals surface area (Å²) in [6.45, 7) is 2.55. The maximum absolute atomic E-state index is 6.21. The van der Waals surface area contributed by atoms with Gasteiger partial charge in [-0.05, 0) is 117 Å². The highest BCUT2D eigenvalue weighted by molar-refractivity contribution is 6.30. The highest BCUT2D eigenvalue weighted by atomic mass is 35.5. The van der Waals surface area contributed by atoms with Gasteiger partial charge in [0.05, 0.1) is 0 Å². The molecule has 0 aliphatic heterocycles. The molecule has 2 heteroatoms. The molecule has 0 amide bonds. The molecule has 0 saturated heterocycles. The molecule has 6 aliphatic carbocycles. The van der Waals surface area contributed by atoms with Gasteiger partial charge in [0.15, 0.2) is 0 Å². The first kappa shape index (κ1) is 17.3. The van der Waals surface area contributed by atoms with Crippen LogP contribution in [0.3, 0.4) is 0 Å². The van der Waals surface area contributed by atoms with E-state index in [1.807, 2.05) is 0 Å². The Labute approximate surface area is 169 Å². The second kappa shape index (κ2) is 5.99. The van der Waals surface area contributed by atoms with Crippen molar-refractivity contribution in [3.63, 3.8) is 0 Å². The zero-order chi connectivity index (χ0) is 18.2. The quantitative estimate of drug-likeness (QED) is 0.639. The van der Waals surface area contributed by atoms with E-state index in [2.05, 4.69) is 36.5 Å². The van der Waals surface area contributed by atoms with Gasteiger partial charge in [0.2, 0.25) is 0 Å². The molecule has 1 aromatic carbocycles. The number of benzene rings is 1. The van der Waals surface area contributed by atoms with Gasteiger partial charge < -0.3 is 5.32 Å². The van der Waals surface area contributed by atoms with E-state index in [4.69, 9.17) is 11.6 Å². The SMILES string of the molecule is C[C@H](N[C@H]1C[C@H]2CC[C@H]1C2)C12C[C@H]3C[C@@H](CC(c4ccc(Cl)cc4)(C3)C1)C2. The summed E-state index contributed by atoms with van der Waals surface area (Å²) in [5.41, 5.74) is 2.54. The van der Waals surface area contributed by atoms with Crippen LogP contribution in [-0.4, -0.2) is 12.1 Å². The number of fused-ring (bicyclic) bond motifs is 2. The Kier molecular flexibility index (Phi) is 3.84. The number of hydrogen-bond acceptors (Lipinski definition) is 1. The summed E-state index contributed by atoms with van der Waals surface area (Å²) in [6.07, 6.45) is 14.7. The van der Waals surface area contributed by atoms with E-state index in [1.165, 1.54) is 64.2 Å². The summed E-state index contributed by atoms with van der Waals surface area (Å²) in [7, 11) is 0. The van der Waals surface area contributed by atoms with Gasteiger partial charge in [0, 0.05) is 17.1 Å². The maximum Gasteiger partial charge on any atom is 0.0406 e. The fourth-order valence-electron chi connectivity index (χ4n) is 8.93. The predicted octanol–water partition coefficient (Wildman–Crippen LogP) is 6.34. The van der Waals surface area contributed by atoms with Gasteiger partial charge in [-0.25, -0.2) is 0 Å². The van der Waals surface area contributed by atoms with Gasteiger partial charge in [-0.2, -0.15) is 0 Å². The molecule has 6 fully saturated rings. The molecule has 27 heavy (non-hydrogen) atoms. The van der Waals surface area contributed by atoms with Crippen LogP contribution in [-0.2, 0) is 5.41 Å². The Morgan fingerprint density at radius 3 is 2.30 bits per heavy atom. The molecule has 0 unspecified atom stereocenters. The molecule has 6 bridgehead atoms. The van der Waals surface area contributed by atoms with Crippen LogP contribution in [0, 0.1) is 29.1 Å². The smallest absolute Gasteiger partial charge is 0.0406 e. The van der Waals surface area contributed by atoms with E-state index in [1.54, 1.807) is 5.56 Å². The third-order valence-electron chi connectivity index (χ3n) is 9.68. The van der Waals surface area contributed by atoms with E-state index >= 15 is 0 Å². The number of halogens is 1. The minimum atomic E-state index is 0.430. The van der Waals surface area contributed by atoms with Crippen LogP contribution in [0.1, 0.15) is 76.7 Å². The van der Waals surface area contributed by atoms with E-state index in [-0.39, 0.29) is 0 Å². The third kappa shape index (κ3) is 2.67. The molecule has 0 heterocycles. The Hall–Kier alpha value is -0.530. The highest BCUT2D eigenvalue weighted by Gasteiger charge is 2.60. The van der Waals surface area contributed by atoms with Gasteiger partial charge >= 0.3 is 0 Å². The van der Waals surface area contributed by atoms with Gasteiger partial charge in [-0.1, -0.05) is 30.2 Å². The average molecular weight is 384 g/mol. The topological polar surface area (TPSA) is 12.0 Å². The first-order chi connectivity index (χ1) is 13.0. The van der Waals surface area contributed by atoms with Gasteiger partial charge in [-0.3, -0.25) is 0 Å². The zero-order valence-electron chi connectivity index (χ0n) is 16.7. The zero-order valence-corrected chi connectivity index (χ0v) is 17.5. The highest BCUT2D eigenvalue weighted by Crippen LogP contribution is 2.67. The molecule has 6 aliphatic rings. The fraction of sp³-hybridized carbons (Fsp3) is 0.760. The second-order valence-electron chi connectivity index (χ2n) is 11.3. The molecule has 6 atom stereocenters. The van der Waals surface area contributed by atoms with Crippen molar-refractivity contribution in [2.75, 3.05) is 0 Å². The molecule has 1 N–H and O–H groups in total. The number of hydrogen-bond donors (Lipinski definition) is 1. The van der Waals surface area contributed by atoms with E-state index in [0.717, 1.165) is 34.7 Å². The molecular weight excluding hydrogens is 350 g/mol. The first-order valence-corrected chi connectivity index (χ1v) is 11.9. The second-order valence-corrected chi connectivity index (χ2v) is 11.7. The van der Waals surface area contributed by atoms with Gasteiger partial charge in [0.1, 0.15) is 0 Å². The molecule has 1 aromatic rings. The third-order valence-corrected chi connectivity index (χ3v) is 9.94. The molecule has 7 rings (SSSR count). The van der Waals surface area contributed by atoms with Crippen molar-refractivity contribution in [2.45, 2.75) is 88.6 Å². The summed E-state index contributed by atoms with van der Waals surface area (Å²) in [6, 6.07) is 10.4. The Balaban J connectivity index is 1.28. The standard InChI is InChI=1S/C25H34ClN/c1-16(27-23-10-17-2-3-20(23)9-17)24-11-18-8-19(12-24)14-25(13-18,15-24)21-4-6-22(26)7-5-21/h4-7,16-20,23,27H,2-3,8-15H2,1H3/t16-,17-,18+,19+,20-,23-,24?,25?/m0/s1. The van der Waals surface area contributed by atoms with Crippen molar-refractivity contribution in [1.82, 2.24) is 5.32 Å². The van der Waals surface area contributed by atoms with Crippen LogP contribution in [0.5, 0.6) is 0 Å². The van der Waals surface area contributed by atoms with E-state index in [0.29, 0.717) is 16.9 Å². The molecule has 1 nitrogen and oxygen atoms in total. The lowest BCUT2D eigenvalue weighted by molar-refractivity contribution is -0.0903. The van der Waals surface area contributed by atoms with Crippen LogP contribution in [0.2, 0.25) is 5.02 Å². The maximum atomic E-state index is 6.21. The Morgan fingerprint density at radius 1 is 0.926 bits per heavy atom. The Bertz CT molecular complexity index is 710. The van der Waals surface area contributed by atoms with Gasteiger partial charge in [-0.15, -0.1) is 0 Å². The minimum absolute atomic E-state index is 0.430. The van der Waals surface area contributed by atoms with Crippen LogP contribution >= 0.6 is 11.6 Å². The number of rotatable bonds is 4. The fourth-order valence-corrected chi connectivity index (χ4v) is 9.05. The van der Waals surface area contributed by atoms with Gasteiger partial charge in [0.25, 0.3) is 0 Å². The van der Waals surface area contributed by atoms with Crippen molar-refractivity contribution in [3.8, 4) is 0 Å². The molecule has 0 spiro atoms. The van der Waals surface area contributed by atoms with E-state index < -0.39 is 0 Å². The van der Waals surface area contributed by atoms with Crippen LogP contribution in [0.25, 0.3) is 0 Å². The average Bonchev–Trinajstić information content (AvgIpc) is 3.24. The predicted molar refractivity (Wildman–Crippen MR) is 112 cm³/mol. The monoisotopic (exact) mass is 383 g/mol. The summed E-state index contributed by atoms with van der Waals surface area (Å²) in [5.74, 6) is 3.92. The molecule has 0 aromatic heterocycles. The lowest BCUT2D eigenvalue weighted by Crippen LogP contribution is -2.61. The summed E-state index contributed by atoms with van der Waals surface area (Å²) < 4.78 is 0. The lowest BCUT2D eigenvalue weighted by atomic mass is 9.41. The van der Waals surface area contributed by atoms with Crippen molar-refractivity contribution in [3.05, 3.63) is 34.9 Å². The first-order valence-electron chi connectivity index (χ1n) is 11.6. The lowest BCUT2D eigenvalue weighted by Gasteiger charge is -2.64. The Morgan fingerprint density at radius 2 is 1.67 bits per heavy atom. The van der Waals surface area contributed by atoms with Crippen molar-refractivity contribution >= 4 is 11.6 Å². The van der Waals surface area contributed by atoms with Crippen LogP contribution < -0.4 is 5.32 Å². The minimum Gasteiger partial charge on any atom is -0.311 e. The molecule has 146 valence electrons. The van der Waals surface area contributed by atoms with Crippen molar-refractivity contribution < 1.29 is 0 Å². The normalized spacial score (nSPS) is 48.3. The van der Waals surface area contributed by atoms with Crippen molar-refractivity contribution in [2.24, 2.45) is 29.1 Å². The van der Waals surface area contributed by atoms with Crippen LogP contribution in [0.4, 0.5) is 0 Å². The molecule has 6 saturated carbocycles. The van der Waals surface area contributed by atoms with E-state index in [9.17, 15) is 0 Å². The summed E-state index contributed by atoms with van der Waals surface area (Å²) >= 11 is 6.21. The van der Waals surface area contributed by atoms with Crippen LogP contribution in [0.15, 0.2) is 24.3 Å². The number of nitrogens with one attached hydrogen (secondary N) is 1. The molecular formula is C25H34ClN. The largest absolute Gasteiger partial charge is 0.311 e.